The van der Waals surface area contributed by atoms with Gasteiger partial charge < -0.3 is 5.32 Å². The van der Waals surface area contributed by atoms with E-state index >= 15 is 0 Å². The molecule has 0 aliphatic heterocycles. The van der Waals surface area contributed by atoms with Gasteiger partial charge in [0.05, 0.1) is 4.90 Å². The summed E-state index contributed by atoms with van der Waals surface area (Å²) in [6, 6.07) is 5.53. The van der Waals surface area contributed by atoms with Crippen LogP contribution in [0.1, 0.15) is 18.1 Å². The molecular weight excluding hydrogens is 248 g/mol. The van der Waals surface area contributed by atoms with E-state index in [1.54, 1.807) is 6.07 Å². The molecule has 1 N–H and O–H groups in total. The van der Waals surface area contributed by atoms with Gasteiger partial charge in [0, 0.05) is 19.6 Å². The Morgan fingerprint density at radius 3 is 2.50 bits per heavy atom. The van der Waals surface area contributed by atoms with Crippen molar-refractivity contribution in [2.75, 3.05) is 26.7 Å². The van der Waals surface area contributed by atoms with E-state index in [1.807, 2.05) is 40.0 Å². The van der Waals surface area contributed by atoms with Crippen LogP contribution < -0.4 is 5.32 Å². The van der Waals surface area contributed by atoms with Gasteiger partial charge in [0.2, 0.25) is 10.0 Å². The predicted octanol–water partition coefficient (Wildman–Crippen LogP) is 1.53. The Bertz CT molecular complexity index is 498. The molecule has 0 unspecified atom stereocenters. The first-order valence-electron chi connectivity index (χ1n) is 6.15. The van der Waals surface area contributed by atoms with Gasteiger partial charge in [-0.05, 0) is 38.1 Å². The minimum Gasteiger partial charge on any atom is -0.318 e. The van der Waals surface area contributed by atoms with Crippen molar-refractivity contribution in [3.63, 3.8) is 0 Å². The van der Waals surface area contributed by atoms with Crippen molar-refractivity contribution in [1.82, 2.24) is 9.62 Å². The standard InChI is InChI=1S/C13H22N2O2S/c1-5-15(9-8-14-4)18(16,17)13-10-11(2)6-7-12(13)3/h6-7,10,14H,5,8-9H2,1-4H3. The molecule has 0 aliphatic carbocycles. The second kappa shape index (κ2) is 6.31. The second-order valence-corrected chi connectivity index (χ2v) is 6.28. The summed E-state index contributed by atoms with van der Waals surface area (Å²) in [5.74, 6) is 0. The summed E-state index contributed by atoms with van der Waals surface area (Å²) in [4.78, 5) is 0.417. The molecule has 102 valence electrons. The molecule has 0 atom stereocenters. The van der Waals surface area contributed by atoms with E-state index in [4.69, 9.17) is 0 Å². The maximum absolute atomic E-state index is 12.5. The molecule has 1 aromatic rings. The Morgan fingerprint density at radius 2 is 1.94 bits per heavy atom. The Balaban J connectivity index is 3.14. The molecule has 0 saturated carbocycles. The van der Waals surface area contributed by atoms with Crippen LogP contribution in [0.25, 0.3) is 0 Å². The van der Waals surface area contributed by atoms with E-state index in [2.05, 4.69) is 5.32 Å². The number of likely N-dealkylation sites (N-methyl/N-ethyl adjacent to an activating group) is 2. The van der Waals surface area contributed by atoms with Crippen LogP contribution in [-0.4, -0.2) is 39.4 Å². The van der Waals surface area contributed by atoms with E-state index in [0.717, 1.165) is 11.1 Å². The predicted molar refractivity (Wildman–Crippen MR) is 74.3 cm³/mol. The second-order valence-electron chi connectivity index (χ2n) is 4.37. The third-order valence-electron chi connectivity index (χ3n) is 2.93. The van der Waals surface area contributed by atoms with Crippen molar-refractivity contribution >= 4 is 10.0 Å². The number of rotatable bonds is 6. The molecule has 0 amide bonds. The number of sulfonamides is 1. The SMILES string of the molecule is CCN(CCNC)S(=O)(=O)c1cc(C)ccc1C. The third-order valence-corrected chi connectivity index (χ3v) is 5.04. The summed E-state index contributed by atoms with van der Waals surface area (Å²) in [5, 5.41) is 2.98. The topological polar surface area (TPSA) is 49.4 Å². The van der Waals surface area contributed by atoms with Crippen LogP contribution in [-0.2, 0) is 10.0 Å². The molecule has 0 saturated heterocycles. The fourth-order valence-corrected chi connectivity index (χ4v) is 3.57. The number of hydrogen-bond donors (Lipinski definition) is 1. The van der Waals surface area contributed by atoms with Crippen LogP contribution in [0.2, 0.25) is 0 Å². The minimum absolute atomic E-state index is 0.417. The fraction of sp³-hybridized carbons (Fsp3) is 0.538. The zero-order valence-corrected chi connectivity index (χ0v) is 12.3. The Labute approximate surface area is 110 Å². The van der Waals surface area contributed by atoms with Crippen molar-refractivity contribution in [3.8, 4) is 0 Å². The highest BCUT2D eigenvalue weighted by atomic mass is 32.2. The van der Waals surface area contributed by atoms with Gasteiger partial charge in [0.1, 0.15) is 0 Å². The lowest BCUT2D eigenvalue weighted by Crippen LogP contribution is -2.36. The van der Waals surface area contributed by atoms with Crippen molar-refractivity contribution in [1.29, 1.82) is 0 Å². The average molecular weight is 270 g/mol. The van der Waals surface area contributed by atoms with Gasteiger partial charge in [0.25, 0.3) is 0 Å². The van der Waals surface area contributed by atoms with Crippen LogP contribution in [0, 0.1) is 13.8 Å². The number of nitrogens with zero attached hydrogens (tertiary/aromatic N) is 1. The van der Waals surface area contributed by atoms with Crippen molar-refractivity contribution in [2.45, 2.75) is 25.7 Å². The maximum Gasteiger partial charge on any atom is 0.243 e. The highest BCUT2D eigenvalue weighted by molar-refractivity contribution is 7.89. The van der Waals surface area contributed by atoms with Crippen LogP contribution in [0.15, 0.2) is 23.1 Å². The largest absolute Gasteiger partial charge is 0.318 e. The van der Waals surface area contributed by atoms with Gasteiger partial charge in [-0.2, -0.15) is 4.31 Å². The number of hydrogen-bond acceptors (Lipinski definition) is 3. The van der Waals surface area contributed by atoms with E-state index < -0.39 is 10.0 Å². The molecule has 0 radical (unpaired) electrons. The summed E-state index contributed by atoms with van der Waals surface area (Å²) in [6.07, 6.45) is 0. The van der Waals surface area contributed by atoms with Crippen molar-refractivity contribution in [3.05, 3.63) is 29.3 Å². The molecule has 4 nitrogen and oxygen atoms in total. The first-order valence-corrected chi connectivity index (χ1v) is 7.59. The van der Waals surface area contributed by atoms with E-state index in [0.29, 0.717) is 24.5 Å². The fourth-order valence-electron chi connectivity index (χ4n) is 1.81. The maximum atomic E-state index is 12.5. The summed E-state index contributed by atoms with van der Waals surface area (Å²) in [7, 11) is -1.57. The average Bonchev–Trinajstić information content (AvgIpc) is 2.33. The summed E-state index contributed by atoms with van der Waals surface area (Å²) < 4.78 is 26.6. The highest BCUT2D eigenvalue weighted by Crippen LogP contribution is 2.20. The molecule has 0 spiro atoms. The lowest BCUT2D eigenvalue weighted by atomic mass is 10.2. The van der Waals surface area contributed by atoms with Gasteiger partial charge in [0.15, 0.2) is 0 Å². The molecule has 18 heavy (non-hydrogen) atoms. The number of nitrogens with one attached hydrogen (secondary N) is 1. The smallest absolute Gasteiger partial charge is 0.243 e. The summed E-state index contributed by atoms with van der Waals surface area (Å²) in [6.45, 7) is 7.22. The molecule has 0 aromatic heterocycles. The Kier molecular flexibility index (Phi) is 5.31. The van der Waals surface area contributed by atoms with Crippen LogP contribution in [0.5, 0.6) is 0 Å². The summed E-state index contributed by atoms with van der Waals surface area (Å²) >= 11 is 0. The van der Waals surface area contributed by atoms with Gasteiger partial charge in [-0.1, -0.05) is 19.1 Å². The number of aryl methyl sites for hydroxylation is 2. The zero-order valence-electron chi connectivity index (χ0n) is 11.5. The molecule has 1 aromatic carbocycles. The lowest BCUT2D eigenvalue weighted by molar-refractivity contribution is 0.425. The Morgan fingerprint density at radius 1 is 1.28 bits per heavy atom. The molecule has 5 heteroatoms. The van der Waals surface area contributed by atoms with Crippen LogP contribution in [0.4, 0.5) is 0 Å². The van der Waals surface area contributed by atoms with Gasteiger partial charge in [-0.15, -0.1) is 0 Å². The molecule has 1 rings (SSSR count). The van der Waals surface area contributed by atoms with Gasteiger partial charge >= 0.3 is 0 Å². The molecule has 0 aliphatic rings. The van der Waals surface area contributed by atoms with E-state index in [9.17, 15) is 8.42 Å². The van der Waals surface area contributed by atoms with E-state index in [1.165, 1.54) is 4.31 Å². The summed E-state index contributed by atoms with van der Waals surface area (Å²) in [5.41, 5.74) is 1.76. The molecule has 0 heterocycles. The first kappa shape index (κ1) is 15.1. The monoisotopic (exact) mass is 270 g/mol. The zero-order chi connectivity index (χ0) is 13.8. The molecule has 0 bridgehead atoms. The highest BCUT2D eigenvalue weighted by Gasteiger charge is 2.24. The quantitative estimate of drug-likeness (QED) is 0.853. The lowest BCUT2D eigenvalue weighted by Gasteiger charge is -2.21. The first-order chi connectivity index (χ1) is 8.43. The van der Waals surface area contributed by atoms with Crippen molar-refractivity contribution in [2.24, 2.45) is 0 Å². The molecule has 0 fully saturated rings. The molecular formula is C13H22N2O2S. The normalized spacial score (nSPS) is 12.1. The Hall–Kier alpha value is -0.910. The van der Waals surface area contributed by atoms with Crippen molar-refractivity contribution < 1.29 is 8.42 Å². The van der Waals surface area contributed by atoms with E-state index in [-0.39, 0.29) is 0 Å². The van der Waals surface area contributed by atoms with Gasteiger partial charge in [-0.25, -0.2) is 8.42 Å². The van der Waals surface area contributed by atoms with Crippen LogP contribution >= 0.6 is 0 Å². The number of benzene rings is 1. The van der Waals surface area contributed by atoms with Crippen LogP contribution in [0.3, 0.4) is 0 Å². The third kappa shape index (κ3) is 3.31. The van der Waals surface area contributed by atoms with Gasteiger partial charge in [-0.3, -0.25) is 0 Å². The minimum atomic E-state index is -3.38.